The summed E-state index contributed by atoms with van der Waals surface area (Å²) in [7, 11) is 1.78. The molecule has 0 spiro atoms. The predicted molar refractivity (Wildman–Crippen MR) is 85.0 cm³/mol. The Morgan fingerprint density at radius 3 is 2.75 bits per heavy atom. The molecule has 0 bridgehead atoms. The van der Waals surface area contributed by atoms with E-state index in [1.54, 1.807) is 7.11 Å². The number of aromatic nitrogens is 1. The van der Waals surface area contributed by atoms with Gasteiger partial charge >= 0.3 is 0 Å². The van der Waals surface area contributed by atoms with Crippen LogP contribution in [0.15, 0.2) is 30.5 Å². The number of fused-ring (bicyclic) bond motifs is 1. The first-order chi connectivity index (χ1) is 9.55. The van der Waals surface area contributed by atoms with Crippen molar-refractivity contribution in [2.24, 2.45) is 0 Å². The maximum absolute atomic E-state index is 5.50. The molecule has 2 rings (SSSR count). The van der Waals surface area contributed by atoms with Gasteiger partial charge in [0.05, 0.1) is 5.60 Å². The normalized spacial score (nSPS) is 12.2. The molecule has 0 aliphatic carbocycles. The van der Waals surface area contributed by atoms with Crippen molar-refractivity contribution in [3.8, 4) is 0 Å². The summed E-state index contributed by atoms with van der Waals surface area (Å²) in [4.78, 5) is 0. The average molecular weight is 274 g/mol. The molecule has 0 saturated heterocycles. The molecular weight excluding hydrogens is 248 g/mol. The van der Waals surface area contributed by atoms with Crippen LogP contribution in [0.5, 0.6) is 0 Å². The lowest BCUT2D eigenvalue weighted by Crippen LogP contribution is -2.24. The summed E-state index contributed by atoms with van der Waals surface area (Å²) < 4.78 is 7.83. The van der Waals surface area contributed by atoms with Gasteiger partial charge in [-0.25, -0.2) is 0 Å². The molecule has 0 aliphatic rings. The van der Waals surface area contributed by atoms with Gasteiger partial charge in [0.1, 0.15) is 0 Å². The number of methoxy groups -OCH3 is 1. The minimum absolute atomic E-state index is 0.0715. The first-order valence-electron chi connectivity index (χ1n) is 7.39. The van der Waals surface area contributed by atoms with Gasteiger partial charge in [-0.3, -0.25) is 0 Å². The second kappa shape index (κ2) is 6.42. The number of aryl methyl sites for hydroxylation is 1. The van der Waals surface area contributed by atoms with Gasteiger partial charge in [-0.15, -0.1) is 0 Å². The Balaban J connectivity index is 2.16. The van der Waals surface area contributed by atoms with E-state index in [1.165, 1.54) is 16.5 Å². The Bertz CT molecular complexity index is 557. The number of nitrogens with zero attached hydrogens (tertiary/aromatic N) is 1. The number of nitrogens with one attached hydrogen (secondary N) is 1. The molecule has 3 nitrogen and oxygen atoms in total. The number of ether oxygens (including phenoxy) is 1. The van der Waals surface area contributed by atoms with Crippen LogP contribution in [0.25, 0.3) is 10.9 Å². The van der Waals surface area contributed by atoms with Crippen LogP contribution in [0.2, 0.25) is 0 Å². The van der Waals surface area contributed by atoms with Crippen LogP contribution >= 0.6 is 0 Å². The fourth-order valence-electron chi connectivity index (χ4n) is 2.30. The number of hydrogen-bond donors (Lipinski definition) is 1. The Morgan fingerprint density at radius 1 is 1.25 bits per heavy atom. The van der Waals surface area contributed by atoms with Crippen LogP contribution in [0.1, 0.15) is 32.8 Å². The van der Waals surface area contributed by atoms with Gasteiger partial charge in [0.2, 0.25) is 0 Å². The largest absolute Gasteiger partial charge is 0.379 e. The van der Waals surface area contributed by atoms with E-state index >= 15 is 0 Å². The molecular formula is C17H26N2O. The van der Waals surface area contributed by atoms with Gasteiger partial charge in [0, 0.05) is 31.9 Å². The van der Waals surface area contributed by atoms with E-state index < -0.39 is 0 Å². The summed E-state index contributed by atoms with van der Waals surface area (Å²) in [5.74, 6) is 0. The fraction of sp³-hybridized carbons (Fsp3) is 0.529. The van der Waals surface area contributed by atoms with E-state index in [0.717, 1.165) is 26.1 Å². The van der Waals surface area contributed by atoms with E-state index in [9.17, 15) is 0 Å². The van der Waals surface area contributed by atoms with E-state index in [-0.39, 0.29) is 5.60 Å². The van der Waals surface area contributed by atoms with E-state index in [1.807, 2.05) is 0 Å². The Labute approximate surface area is 121 Å². The molecule has 1 N–H and O–H groups in total. The van der Waals surface area contributed by atoms with Crippen molar-refractivity contribution in [2.45, 2.75) is 45.9 Å². The smallest absolute Gasteiger partial charge is 0.0639 e. The maximum Gasteiger partial charge on any atom is 0.0639 e. The zero-order valence-corrected chi connectivity index (χ0v) is 13.1. The molecule has 1 aromatic heterocycles. The number of rotatable bonds is 7. The van der Waals surface area contributed by atoms with Crippen molar-refractivity contribution in [3.05, 3.63) is 36.0 Å². The SMILES string of the molecule is CCNCc1ccc2ccn(CCC(C)(C)OC)c2c1. The Morgan fingerprint density at radius 2 is 2.05 bits per heavy atom. The molecule has 3 heteroatoms. The quantitative estimate of drug-likeness (QED) is 0.835. The summed E-state index contributed by atoms with van der Waals surface area (Å²) in [5.41, 5.74) is 2.58. The molecule has 0 saturated carbocycles. The van der Waals surface area contributed by atoms with Gasteiger partial charge in [0.15, 0.2) is 0 Å². The average Bonchev–Trinajstić information content (AvgIpc) is 2.85. The lowest BCUT2D eigenvalue weighted by molar-refractivity contribution is 0.0123. The highest BCUT2D eigenvalue weighted by atomic mass is 16.5. The molecule has 1 aromatic carbocycles. The third-order valence-corrected chi connectivity index (χ3v) is 3.92. The van der Waals surface area contributed by atoms with Crippen LogP contribution in [0.4, 0.5) is 0 Å². The van der Waals surface area contributed by atoms with Crippen LogP contribution < -0.4 is 5.32 Å². The Hall–Kier alpha value is -1.32. The summed E-state index contributed by atoms with van der Waals surface area (Å²) in [6.07, 6.45) is 3.18. The summed E-state index contributed by atoms with van der Waals surface area (Å²) >= 11 is 0. The molecule has 0 aliphatic heterocycles. The summed E-state index contributed by atoms with van der Waals surface area (Å²) in [6.45, 7) is 9.32. The molecule has 20 heavy (non-hydrogen) atoms. The predicted octanol–water partition coefficient (Wildman–Crippen LogP) is 3.57. The standard InChI is InChI=1S/C17H26N2O/c1-5-18-13-14-6-7-15-8-10-19(16(15)12-14)11-9-17(2,3)20-4/h6-8,10,12,18H,5,9,11,13H2,1-4H3. The zero-order valence-electron chi connectivity index (χ0n) is 13.1. The molecule has 1 heterocycles. The molecule has 0 amide bonds. The molecule has 0 fully saturated rings. The first-order valence-corrected chi connectivity index (χ1v) is 7.39. The monoisotopic (exact) mass is 274 g/mol. The minimum atomic E-state index is -0.0715. The van der Waals surface area contributed by atoms with Crippen LogP contribution in [0, 0.1) is 0 Å². The number of hydrogen-bond acceptors (Lipinski definition) is 2. The van der Waals surface area contributed by atoms with Gasteiger partial charge < -0.3 is 14.6 Å². The van der Waals surface area contributed by atoms with Crippen LogP contribution in [0.3, 0.4) is 0 Å². The van der Waals surface area contributed by atoms with Crippen LogP contribution in [-0.2, 0) is 17.8 Å². The van der Waals surface area contributed by atoms with Gasteiger partial charge in [-0.2, -0.15) is 0 Å². The zero-order chi connectivity index (χ0) is 14.6. The maximum atomic E-state index is 5.50. The minimum Gasteiger partial charge on any atom is -0.379 e. The third-order valence-electron chi connectivity index (χ3n) is 3.92. The second-order valence-electron chi connectivity index (χ2n) is 5.90. The lowest BCUT2D eigenvalue weighted by Gasteiger charge is -2.23. The van der Waals surface area contributed by atoms with E-state index in [0.29, 0.717) is 0 Å². The van der Waals surface area contributed by atoms with Gasteiger partial charge in [0.25, 0.3) is 0 Å². The van der Waals surface area contributed by atoms with Crippen molar-refractivity contribution in [3.63, 3.8) is 0 Å². The van der Waals surface area contributed by atoms with Crippen molar-refractivity contribution < 1.29 is 4.74 Å². The highest BCUT2D eigenvalue weighted by molar-refractivity contribution is 5.80. The van der Waals surface area contributed by atoms with E-state index in [2.05, 4.69) is 61.1 Å². The molecule has 110 valence electrons. The van der Waals surface area contributed by atoms with Gasteiger partial charge in [-0.05, 0) is 49.9 Å². The topological polar surface area (TPSA) is 26.2 Å². The first kappa shape index (κ1) is 15.1. The van der Waals surface area contributed by atoms with Crippen molar-refractivity contribution in [1.29, 1.82) is 0 Å². The van der Waals surface area contributed by atoms with Crippen LogP contribution in [-0.4, -0.2) is 23.8 Å². The molecule has 2 aromatic rings. The van der Waals surface area contributed by atoms with Crippen molar-refractivity contribution in [1.82, 2.24) is 9.88 Å². The Kier molecular flexibility index (Phi) is 4.84. The molecule has 0 atom stereocenters. The van der Waals surface area contributed by atoms with Crippen molar-refractivity contribution in [2.75, 3.05) is 13.7 Å². The lowest BCUT2D eigenvalue weighted by atomic mass is 10.1. The van der Waals surface area contributed by atoms with Gasteiger partial charge in [-0.1, -0.05) is 19.1 Å². The molecule has 0 unspecified atom stereocenters. The fourth-order valence-corrected chi connectivity index (χ4v) is 2.30. The van der Waals surface area contributed by atoms with Crippen molar-refractivity contribution >= 4 is 10.9 Å². The second-order valence-corrected chi connectivity index (χ2v) is 5.90. The highest BCUT2D eigenvalue weighted by Gasteiger charge is 2.16. The third kappa shape index (κ3) is 3.62. The molecule has 0 radical (unpaired) electrons. The highest BCUT2D eigenvalue weighted by Crippen LogP contribution is 2.21. The van der Waals surface area contributed by atoms with E-state index in [4.69, 9.17) is 4.74 Å². The number of benzene rings is 1. The summed E-state index contributed by atoms with van der Waals surface area (Å²) in [5, 5.41) is 4.68. The summed E-state index contributed by atoms with van der Waals surface area (Å²) in [6, 6.07) is 8.89.